The average molecular weight is 248 g/mol. The van der Waals surface area contributed by atoms with Gasteiger partial charge in [0.2, 0.25) is 0 Å². The maximum atomic E-state index is 11.6. The van der Waals surface area contributed by atoms with Crippen LogP contribution in [0.5, 0.6) is 0 Å². The zero-order valence-electron chi connectivity index (χ0n) is 10.6. The van der Waals surface area contributed by atoms with Crippen molar-refractivity contribution in [3.63, 3.8) is 0 Å². The molecule has 1 aromatic carbocycles. The molecule has 0 heterocycles. The van der Waals surface area contributed by atoms with E-state index in [0.29, 0.717) is 17.1 Å². The lowest BCUT2D eigenvalue weighted by Gasteiger charge is -2.37. The summed E-state index contributed by atoms with van der Waals surface area (Å²) in [5, 5.41) is 0. The largest absolute Gasteiger partial charge is 0.300 e. The summed E-state index contributed by atoms with van der Waals surface area (Å²) in [6.45, 7) is 4.60. The van der Waals surface area contributed by atoms with Crippen molar-refractivity contribution < 1.29 is 4.79 Å². The van der Waals surface area contributed by atoms with Crippen LogP contribution in [0.3, 0.4) is 0 Å². The highest BCUT2D eigenvalue weighted by molar-refractivity contribution is 7.99. The number of carbonyl (C=O) groups excluding carboxylic acids is 1. The van der Waals surface area contributed by atoms with Gasteiger partial charge in [0.25, 0.3) is 0 Å². The number of hydrogen-bond donors (Lipinski definition) is 0. The molecule has 0 amide bonds. The monoisotopic (exact) mass is 248 g/mol. The van der Waals surface area contributed by atoms with E-state index in [-0.39, 0.29) is 0 Å². The highest BCUT2D eigenvalue weighted by Gasteiger charge is 2.35. The van der Waals surface area contributed by atoms with Gasteiger partial charge >= 0.3 is 0 Å². The minimum Gasteiger partial charge on any atom is -0.300 e. The lowest BCUT2D eigenvalue weighted by atomic mass is 9.69. The van der Waals surface area contributed by atoms with Crippen molar-refractivity contribution in [2.75, 3.05) is 5.75 Å². The van der Waals surface area contributed by atoms with Gasteiger partial charge < -0.3 is 0 Å². The molecule has 1 unspecified atom stereocenters. The van der Waals surface area contributed by atoms with Crippen LogP contribution in [-0.4, -0.2) is 11.5 Å². The van der Waals surface area contributed by atoms with Crippen molar-refractivity contribution in [1.82, 2.24) is 0 Å². The van der Waals surface area contributed by atoms with Gasteiger partial charge in [-0.3, -0.25) is 4.79 Å². The first-order valence-corrected chi connectivity index (χ1v) is 7.26. The second-order valence-electron chi connectivity index (χ2n) is 5.55. The summed E-state index contributed by atoms with van der Waals surface area (Å²) < 4.78 is 0. The lowest BCUT2D eigenvalue weighted by Crippen LogP contribution is -2.33. The van der Waals surface area contributed by atoms with E-state index in [1.807, 2.05) is 17.8 Å². The maximum absolute atomic E-state index is 11.6. The Bertz CT molecular complexity index is 383. The highest BCUT2D eigenvalue weighted by Crippen LogP contribution is 2.41. The van der Waals surface area contributed by atoms with Gasteiger partial charge in [0.05, 0.1) is 0 Å². The number of Topliss-reactive ketones (excluding diaryl/α,β-unsaturated/α-hetero) is 1. The number of ketones is 1. The topological polar surface area (TPSA) is 17.1 Å². The van der Waals surface area contributed by atoms with Gasteiger partial charge in [-0.15, -0.1) is 11.8 Å². The van der Waals surface area contributed by atoms with E-state index in [1.54, 1.807) is 0 Å². The average Bonchev–Trinajstić information content (AvgIpc) is 2.32. The molecule has 1 aliphatic rings. The predicted octanol–water partition coefficient (Wildman–Crippen LogP) is 4.17. The normalized spacial score (nSPS) is 23.6. The molecule has 1 fully saturated rings. The van der Waals surface area contributed by atoms with Crippen molar-refractivity contribution in [2.24, 2.45) is 11.3 Å². The van der Waals surface area contributed by atoms with E-state index in [2.05, 4.69) is 38.1 Å². The third-order valence-electron chi connectivity index (χ3n) is 3.82. The van der Waals surface area contributed by atoms with Crippen LogP contribution in [0.2, 0.25) is 0 Å². The van der Waals surface area contributed by atoms with Gasteiger partial charge in [0, 0.05) is 23.5 Å². The summed E-state index contributed by atoms with van der Waals surface area (Å²) in [7, 11) is 0. The summed E-state index contributed by atoms with van der Waals surface area (Å²) in [5.41, 5.74) is 0.315. The summed E-state index contributed by atoms with van der Waals surface area (Å²) in [6.07, 6.45) is 2.60. The molecule has 2 heteroatoms. The Morgan fingerprint density at radius 3 is 2.71 bits per heavy atom. The molecule has 0 bridgehead atoms. The Balaban J connectivity index is 1.95. The van der Waals surface area contributed by atoms with E-state index in [0.717, 1.165) is 25.0 Å². The van der Waals surface area contributed by atoms with Crippen LogP contribution >= 0.6 is 11.8 Å². The van der Waals surface area contributed by atoms with Crippen molar-refractivity contribution in [2.45, 2.75) is 38.0 Å². The fourth-order valence-corrected chi connectivity index (χ4v) is 3.63. The Morgan fingerprint density at radius 2 is 2.00 bits per heavy atom. The quantitative estimate of drug-likeness (QED) is 0.747. The molecule has 2 rings (SSSR count). The molecule has 1 atom stereocenters. The maximum Gasteiger partial charge on any atom is 0.133 e. The first-order valence-electron chi connectivity index (χ1n) is 6.27. The molecule has 0 saturated heterocycles. The van der Waals surface area contributed by atoms with Crippen molar-refractivity contribution in [1.29, 1.82) is 0 Å². The number of carbonyl (C=O) groups is 1. The van der Waals surface area contributed by atoms with Crippen LogP contribution < -0.4 is 0 Å². The van der Waals surface area contributed by atoms with Crippen molar-refractivity contribution in [3.05, 3.63) is 30.3 Å². The molecule has 0 aromatic heterocycles. The van der Waals surface area contributed by atoms with Crippen molar-refractivity contribution >= 4 is 17.5 Å². The molecule has 0 spiro atoms. The number of rotatable bonds is 3. The van der Waals surface area contributed by atoms with E-state index < -0.39 is 0 Å². The van der Waals surface area contributed by atoms with Crippen LogP contribution in [0.15, 0.2) is 35.2 Å². The first kappa shape index (κ1) is 12.7. The van der Waals surface area contributed by atoms with Gasteiger partial charge in [-0.2, -0.15) is 0 Å². The molecule has 0 radical (unpaired) electrons. The van der Waals surface area contributed by atoms with Crippen LogP contribution in [0.4, 0.5) is 0 Å². The molecule has 1 aliphatic carbocycles. The van der Waals surface area contributed by atoms with Gasteiger partial charge in [-0.25, -0.2) is 0 Å². The van der Waals surface area contributed by atoms with Gasteiger partial charge in [0.1, 0.15) is 5.78 Å². The Labute approximate surface area is 108 Å². The third kappa shape index (κ3) is 3.35. The second kappa shape index (κ2) is 5.26. The SMILES string of the molecule is CC1(C)CCC(=O)CC1CSc1ccccc1. The summed E-state index contributed by atoms with van der Waals surface area (Å²) in [5.74, 6) is 2.03. The second-order valence-corrected chi connectivity index (χ2v) is 6.65. The zero-order valence-corrected chi connectivity index (χ0v) is 11.4. The molecule has 1 nitrogen and oxygen atoms in total. The highest BCUT2D eigenvalue weighted by atomic mass is 32.2. The Morgan fingerprint density at radius 1 is 1.29 bits per heavy atom. The van der Waals surface area contributed by atoms with Crippen LogP contribution in [0.1, 0.15) is 33.1 Å². The fraction of sp³-hybridized carbons (Fsp3) is 0.533. The van der Waals surface area contributed by atoms with E-state index in [4.69, 9.17) is 0 Å². The van der Waals surface area contributed by atoms with E-state index in [9.17, 15) is 4.79 Å². The van der Waals surface area contributed by atoms with E-state index in [1.165, 1.54) is 4.90 Å². The van der Waals surface area contributed by atoms with Gasteiger partial charge in [-0.05, 0) is 29.9 Å². The standard InChI is InChI=1S/C15H20OS/c1-15(2)9-8-13(16)10-12(15)11-17-14-6-4-3-5-7-14/h3-7,12H,8-11H2,1-2H3. The van der Waals surface area contributed by atoms with Crippen LogP contribution in [0, 0.1) is 11.3 Å². The molecule has 17 heavy (non-hydrogen) atoms. The molecular formula is C15H20OS. The minimum absolute atomic E-state index is 0.315. The molecule has 1 saturated carbocycles. The Hall–Kier alpha value is -0.760. The van der Waals surface area contributed by atoms with Crippen molar-refractivity contribution in [3.8, 4) is 0 Å². The molecule has 1 aromatic rings. The summed E-state index contributed by atoms with van der Waals surface area (Å²) in [6, 6.07) is 10.5. The molecular weight excluding hydrogens is 228 g/mol. The zero-order chi connectivity index (χ0) is 12.3. The van der Waals surface area contributed by atoms with Crippen LogP contribution in [-0.2, 0) is 4.79 Å². The number of thioether (sulfide) groups is 1. The van der Waals surface area contributed by atoms with Gasteiger partial charge in [0.15, 0.2) is 0 Å². The summed E-state index contributed by atoms with van der Waals surface area (Å²) in [4.78, 5) is 12.9. The fourth-order valence-electron chi connectivity index (χ4n) is 2.32. The first-order chi connectivity index (χ1) is 8.08. The van der Waals surface area contributed by atoms with Gasteiger partial charge in [-0.1, -0.05) is 32.0 Å². The predicted molar refractivity (Wildman–Crippen MR) is 73.3 cm³/mol. The third-order valence-corrected chi connectivity index (χ3v) is 5.00. The number of benzene rings is 1. The molecule has 0 N–H and O–H groups in total. The molecule has 0 aliphatic heterocycles. The Kier molecular flexibility index (Phi) is 3.93. The van der Waals surface area contributed by atoms with E-state index >= 15 is 0 Å². The smallest absolute Gasteiger partial charge is 0.133 e. The minimum atomic E-state index is 0.315. The molecule has 92 valence electrons. The summed E-state index contributed by atoms with van der Waals surface area (Å²) >= 11 is 1.88. The number of hydrogen-bond acceptors (Lipinski definition) is 2. The van der Waals surface area contributed by atoms with Crippen LogP contribution in [0.25, 0.3) is 0 Å². The lowest BCUT2D eigenvalue weighted by molar-refractivity contribution is -0.123.